The van der Waals surface area contributed by atoms with Gasteiger partial charge in [0.1, 0.15) is 6.17 Å². The third-order valence-electron chi connectivity index (χ3n) is 4.35. The van der Waals surface area contributed by atoms with Gasteiger partial charge in [0.2, 0.25) is 5.91 Å². The van der Waals surface area contributed by atoms with E-state index in [1.165, 1.54) is 31.2 Å². The standard InChI is InChI=1S/C16H22N2O/c19-15-12-17-16(13-8-4-3-5-9-13)18(15)14-10-6-1-2-7-11-14/h3-5,8-9,14,16-17H,1-2,6-7,10-12H2. The third-order valence-corrected chi connectivity index (χ3v) is 4.35. The van der Waals surface area contributed by atoms with E-state index in [0.717, 1.165) is 12.8 Å². The molecular formula is C16H22N2O. The molecule has 2 aliphatic rings. The summed E-state index contributed by atoms with van der Waals surface area (Å²) in [5.41, 5.74) is 1.21. The Hall–Kier alpha value is -1.35. The van der Waals surface area contributed by atoms with E-state index in [9.17, 15) is 4.79 Å². The van der Waals surface area contributed by atoms with Gasteiger partial charge in [-0.25, -0.2) is 0 Å². The minimum absolute atomic E-state index is 0.0804. The van der Waals surface area contributed by atoms with E-state index in [2.05, 4.69) is 22.3 Å². The highest BCUT2D eigenvalue weighted by Crippen LogP contribution is 2.30. The summed E-state index contributed by atoms with van der Waals surface area (Å²) >= 11 is 0. The van der Waals surface area contributed by atoms with Gasteiger partial charge in [-0.2, -0.15) is 0 Å². The van der Waals surface area contributed by atoms with Crippen molar-refractivity contribution in [3.05, 3.63) is 35.9 Å². The molecule has 3 nitrogen and oxygen atoms in total. The Morgan fingerprint density at radius 2 is 1.68 bits per heavy atom. The van der Waals surface area contributed by atoms with Crippen molar-refractivity contribution in [2.75, 3.05) is 6.54 Å². The second kappa shape index (κ2) is 5.74. The molecule has 19 heavy (non-hydrogen) atoms. The van der Waals surface area contributed by atoms with Crippen molar-refractivity contribution in [2.45, 2.75) is 50.7 Å². The van der Waals surface area contributed by atoms with Crippen molar-refractivity contribution in [1.82, 2.24) is 10.2 Å². The monoisotopic (exact) mass is 258 g/mol. The van der Waals surface area contributed by atoms with Gasteiger partial charge in [-0.1, -0.05) is 56.0 Å². The molecule has 2 fully saturated rings. The molecule has 1 atom stereocenters. The minimum atomic E-state index is 0.0804. The summed E-state index contributed by atoms with van der Waals surface area (Å²) in [6.45, 7) is 0.482. The highest BCUT2D eigenvalue weighted by atomic mass is 16.2. The maximum atomic E-state index is 12.2. The molecule has 1 aromatic rings. The molecule has 1 unspecified atom stereocenters. The van der Waals surface area contributed by atoms with Gasteiger partial charge in [-0.05, 0) is 18.4 Å². The summed E-state index contributed by atoms with van der Waals surface area (Å²) in [5, 5.41) is 3.37. The number of nitrogens with one attached hydrogen (secondary N) is 1. The van der Waals surface area contributed by atoms with Gasteiger partial charge in [-0.3, -0.25) is 10.1 Å². The lowest BCUT2D eigenvalue weighted by Crippen LogP contribution is -2.39. The molecule has 1 amide bonds. The molecule has 0 radical (unpaired) electrons. The van der Waals surface area contributed by atoms with Crippen molar-refractivity contribution >= 4 is 5.91 Å². The number of amides is 1. The Balaban J connectivity index is 1.82. The number of benzene rings is 1. The quantitative estimate of drug-likeness (QED) is 0.827. The van der Waals surface area contributed by atoms with Gasteiger partial charge >= 0.3 is 0 Å². The molecule has 0 spiro atoms. The fourth-order valence-electron chi connectivity index (χ4n) is 3.38. The molecular weight excluding hydrogens is 236 g/mol. The van der Waals surface area contributed by atoms with Crippen LogP contribution in [0.25, 0.3) is 0 Å². The van der Waals surface area contributed by atoms with Crippen molar-refractivity contribution in [3.8, 4) is 0 Å². The minimum Gasteiger partial charge on any atom is -0.319 e. The summed E-state index contributed by atoms with van der Waals surface area (Å²) in [5.74, 6) is 0.265. The van der Waals surface area contributed by atoms with Crippen molar-refractivity contribution < 1.29 is 4.79 Å². The fraction of sp³-hybridized carbons (Fsp3) is 0.562. The largest absolute Gasteiger partial charge is 0.319 e. The second-order valence-electron chi connectivity index (χ2n) is 5.64. The Bertz CT molecular complexity index is 424. The van der Waals surface area contributed by atoms with Gasteiger partial charge < -0.3 is 4.90 Å². The Morgan fingerprint density at radius 3 is 2.37 bits per heavy atom. The van der Waals surface area contributed by atoms with Crippen LogP contribution in [0.3, 0.4) is 0 Å². The molecule has 1 aromatic carbocycles. The fourth-order valence-corrected chi connectivity index (χ4v) is 3.38. The van der Waals surface area contributed by atoms with Gasteiger partial charge in [0.05, 0.1) is 6.54 Å². The molecule has 1 saturated carbocycles. The average Bonchev–Trinajstić information content (AvgIpc) is 2.66. The van der Waals surface area contributed by atoms with Crippen LogP contribution in [0.5, 0.6) is 0 Å². The molecule has 1 saturated heterocycles. The zero-order chi connectivity index (χ0) is 13.1. The third kappa shape index (κ3) is 2.66. The van der Waals surface area contributed by atoms with Crippen molar-refractivity contribution in [1.29, 1.82) is 0 Å². The normalized spacial score (nSPS) is 25.6. The summed E-state index contributed by atoms with van der Waals surface area (Å²) in [6, 6.07) is 10.8. The molecule has 1 aliphatic carbocycles. The van der Waals surface area contributed by atoms with E-state index in [4.69, 9.17) is 0 Å². The van der Waals surface area contributed by atoms with Crippen molar-refractivity contribution in [2.24, 2.45) is 0 Å². The summed E-state index contributed by atoms with van der Waals surface area (Å²) in [6.07, 6.45) is 7.57. The Kier molecular flexibility index (Phi) is 3.83. The number of nitrogens with zero attached hydrogens (tertiary/aromatic N) is 1. The zero-order valence-corrected chi connectivity index (χ0v) is 11.3. The predicted octanol–water partition coefficient (Wildman–Crippen LogP) is 2.84. The maximum absolute atomic E-state index is 12.2. The summed E-state index contributed by atoms with van der Waals surface area (Å²) in [4.78, 5) is 14.3. The van der Waals surface area contributed by atoms with Crippen LogP contribution in [0.15, 0.2) is 30.3 Å². The van der Waals surface area contributed by atoms with Gasteiger partial charge in [0.15, 0.2) is 0 Å². The van der Waals surface area contributed by atoms with Crippen LogP contribution in [-0.2, 0) is 4.79 Å². The highest BCUT2D eigenvalue weighted by molar-refractivity contribution is 5.81. The molecule has 1 heterocycles. The molecule has 102 valence electrons. The van der Waals surface area contributed by atoms with Crippen LogP contribution >= 0.6 is 0 Å². The van der Waals surface area contributed by atoms with E-state index in [-0.39, 0.29) is 12.1 Å². The number of rotatable bonds is 2. The maximum Gasteiger partial charge on any atom is 0.238 e. The lowest BCUT2D eigenvalue weighted by atomic mass is 10.0. The first-order chi connectivity index (χ1) is 9.36. The van der Waals surface area contributed by atoms with Gasteiger partial charge in [0, 0.05) is 6.04 Å². The first kappa shape index (κ1) is 12.7. The molecule has 1 aliphatic heterocycles. The predicted molar refractivity (Wildman–Crippen MR) is 75.5 cm³/mol. The van der Waals surface area contributed by atoms with E-state index in [1.54, 1.807) is 0 Å². The van der Waals surface area contributed by atoms with Crippen LogP contribution in [0, 0.1) is 0 Å². The molecule has 0 aromatic heterocycles. The van der Waals surface area contributed by atoms with Crippen LogP contribution in [0.2, 0.25) is 0 Å². The number of carbonyl (C=O) groups excluding carboxylic acids is 1. The Labute approximate surface area is 115 Å². The van der Waals surface area contributed by atoms with Crippen molar-refractivity contribution in [3.63, 3.8) is 0 Å². The molecule has 3 heteroatoms. The number of hydrogen-bond donors (Lipinski definition) is 1. The van der Waals surface area contributed by atoms with E-state index >= 15 is 0 Å². The molecule has 3 rings (SSSR count). The first-order valence-corrected chi connectivity index (χ1v) is 7.46. The van der Waals surface area contributed by atoms with E-state index in [1.807, 2.05) is 18.2 Å². The van der Waals surface area contributed by atoms with Crippen LogP contribution in [0.4, 0.5) is 0 Å². The average molecular weight is 258 g/mol. The lowest BCUT2D eigenvalue weighted by Gasteiger charge is -2.32. The van der Waals surface area contributed by atoms with Crippen LogP contribution < -0.4 is 5.32 Å². The summed E-state index contributed by atoms with van der Waals surface area (Å²) < 4.78 is 0. The topological polar surface area (TPSA) is 32.3 Å². The first-order valence-electron chi connectivity index (χ1n) is 7.46. The zero-order valence-electron chi connectivity index (χ0n) is 11.3. The molecule has 0 bridgehead atoms. The number of hydrogen-bond acceptors (Lipinski definition) is 2. The smallest absolute Gasteiger partial charge is 0.238 e. The van der Waals surface area contributed by atoms with E-state index in [0.29, 0.717) is 12.6 Å². The lowest BCUT2D eigenvalue weighted by molar-refractivity contribution is -0.130. The van der Waals surface area contributed by atoms with E-state index < -0.39 is 0 Å². The number of carbonyl (C=O) groups is 1. The van der Waals surface area contributed by atoms with Crippen LogP contribution in [0.1, 0.15) is 50.3 Å². The molecule has 1 N–H and O–H groups in total. The summed E-state index contributed by atoms with van der Waals surface area (Å²) in [7, 11) is 0. The SMILES string of the molecule is O=C1CNC(c2ccccc2)N1C1CCCCCC1. The van der Waals surface area contributed by atoms with Gasteiger partial charge in [0.25, 0.3) is 0 Å². The Morgan fingerprint density at radius 1 is 1.00 bits per heavy atom. The highest BCUT2D eigenvalue weighted by Gasteiger charge is 2.36. The van der Waals surface area contributed by atoms with Gasteiger partial charge in [-0.15, -0.1) is 0 Å². The van der Waals surface area contributed by atoms with Crippen LogP contribution in [-0.4, -0.2) is 23.4 Å². The second-order valence-corrected chi connectivity index (χ2v) is 5.64.